The summed E-state index contributed by atoms with van der Waals surface area (Å²) in [6, 6.07) is 9.00. The van der Waals surface area contributed by atoms with Crippen LogP contribution >= 0.6 is 0 Å². The lowest BCUT2D eigenvalue weighted by atomic mass is 9.95. The van der Waals surface area contributed by atoms with Crippen LogP contribution in [0.1, 0.15) is 38.4 Å². The fraction of sp³-hybridized carbons (Fsp3) is 0.500. The van der Waals surface area contributed by atoms with E-state index in [1.807, 2.05) is 49.1 Å². The van der Waals surface area contributed by atoms with Crippen molar-refractivity contribution in [2.45, 2.75) is 38.6 Å². The minimum atomic E-state index is -0.472. The fourth-order valence-electron chi connectivity index (χ4n) is 3.58. The van der Waals surface area contributed by atoms with Crippen LogP contribution < -0.4 is 16.3 Å². The van der Waals surface area contributed by atoms with Gasteiger partial charge in [-0.25, -0.2) is 18.8 Å². The number of amides is 3. The van der Waals surface area contributed by atoms with Gasteiger partial charge in [0, 0.05) is 19.0 Å². The average Bonchev–Trinajstić information content (AvgIpc) is 2.97. The van der Waals surface area contributed by atoms with Crippen molar-refractivity contribution in [3.8, 4) is 5.69 Å². The van der Waals surface area contributed by atoms with E-state index < -0.39 is 6.03 Å². The molecule has 0 unspecified atom stereocenters. The van der Waals surface area contributed by atoms with Gasteiger partial charge in [-0.2, -0.15) is 5.10 Å². The van der Waals surface area contributed by atoms with E-state index in [-0.39, 0.29) is 30.1 Å². The summed E-state index contributed by atoms with van der Waals surface area (Å²) >= 11 is 0. The van der Waals surface area contributed by atoms with Crippen LogP contribution in [0.5, 0.6) is 0 Å². The number of para-hydroxylation sites is 1. The molecule has 1 aliphatic heterocycles. The van der Waals surface area contributed by atoms with E-state index in [1.165, 1.54) is 4.68 Å². The molecule has 9 heteroatoms. The number of urea groups is 1. The number of imide groups is 1. The molecule has 0 aliphatic carbocycles. The van der Waals surface area contributed by atoms with Gasteiger partial charge in [0.25, 0.3) is 0 Å². The normalized spacial score (nSPS) is 15.4. The van der Waals surface area contributed by atoms with E-state index in [1.54, 1.807) is 11.6 Å². The topological polar surface area (TPSA) is 101 Å². The SMILES string of the molecule is CC(C)NC(=O)NC(=O)CN1CCC(c2nn(C)c(=O)n2-c2ccccc2)CC1. The lowest BCUT2D eigenvalue weighted by Gasteiger charge is -2.30. The number of carbonyl (C=O) groups excluding carboxylic acids is 2. The third-order valence-corrected chi connectivity index (χ3v) is 4.96. The first-order valence-electron chi connectivity index (χ1n) is 9.89. The molecule has 3 amide bonds. The van der Waals surface area contributed by atoms with Gasteiger partial charge in [0.2, 0.25) is 5.91 Å². The second kappa shape index (κ2) is 9.04. The van der Waals surface area contributed by atoms with Crippen LogP contribution in [0.4, 0.5) is 4.79 Å². The van der Waals surface area contributed by atoms with Crippen LogP contribution in [-0.4, -0.2) is 56.9 Å². The number of rotatable bonds is 5. The molecule has 1 aromatic heterocycles. The molecule has 1 saturated heterocycles. The molecule has 0 saturated carbocycles. The molecule has 0 spiro atoms. The van der Waals surface area contributed by atoms with Crippen LogP contribution in [-0.2, 0) is 11.8 Å². The highest BCUT2D eigenvalue weighted by Crippen LogP contribution is 2.27. The first-order chi connectivity index (χ1) is 13.8. The van der Waals surface area contributed by atoms with Crippen LogP contribution in [0.2, 0.25) is 0 Å². The lowest BCUT2D eigenvalue weighted by Crippen LogP contribution is -2.47. The van der Waals surface area contributed by atoms with Crippen molar-refractivity contribution in [1.82, 2.24) is 29.9 Å². The highest BCUT2D eigenvalue weighted by molar-refractivity contribution is 5.95. The van der Waals surface area contributed by atoms with Gasteiger partial charge >= 0.3 is 11.7 Å². The third kappa shape index (κ3) is 5.11. The van der Waals surface area contributed by atoms with E-state index in [0.29, 0.717) is 13.1 Å². The number of nitrogens with zero attached hydrogens (tertiary/aromatic N) is 4. The maximum Gasteiger partial charge on any atom is 0.350 e. The van der Waals surface area contributed by atoms with Gasteiger partial charge in [0.1, 0.15) is 5.82 Å². The number of aromatic nitrogens is 3. The van der Waals surface area contributed by atoms with E-state index in [0.717, 1.165) is 24.4 Å². The van der Waals surface area contributed by atoms with Crippen LogP contribution in [0.15, 0.2) is 35.1 Å². The molecule has 156 valence electrons. The summed E-state index contributed by atoms with van der Waals surface area (Å²) in [4.78, 5) is 38.3. The van der Waals surface area contributed by atoms with Crippen molar-refractivity contribution in [2.75, 3.05) is 19.6 Å². The quantitative estimate of drug-likeness (QED) is 0.779. The van der Waals surface area contributed by atoms with Crippen molar-refractivity contribution in [3.63, 3.8) is 0 Å². The molecule has 0 bridgehead atoms. The fourth-order valence-corrected chi connectivity index (χ4v) is 3.58. The Kier molecular flexibility index (Phi) is 6.48. The molecule has 2 N–H and O–H groups in total. The van der Waals surface area contributed by atoms with E-state index in [4.69, 9.17) is 0 Å². The zero-order chi connectivity index (χ0) is 21.0. The van der Waals surface area contributed by atoms with Gasteiger partial charge < -0.3 is 5.32 Å². The largest absolute Gasteiger partial charge is 0.350 e. The predicted molar refractivity (Wildman–Crippen MR) is 109 cm³/mol. The Morgan fingerprint density at radius 2 is 1.83 bits per heavy atom. The molecular formula is C20H28N6O3. The van der Waals surface area contributed by atoms with Crippen molar-refractivity contribution >= 4 is 11.9 Å². The van der Waals surface area contributed by atoms with Crippen LogP contribution in [0.25, 0.3) is 5.69 Å². The monoisotopic (exact) mass is 400 g/mol. The zero-order valence-corrected chi connectivity index (χ0v) is 17.1. The summed E-state index contributed by atoms with van der Waals surface area (Å²) in [5.74, 6) is 0.567. The highest BCUT2D eigenvalue weighted by atomic mass is 16.2. The van der Waals surface area contributed by atoms with Crippen molar-refractivity contribution in [1.29, 1.82) is 0 Å². The maximum absolute atomic E-state index is 12.6. The smallest absolute Gasteiger partial charge is 0.336 e. The molecule has 1 aromatic carbocycles. The molecule has 9 nitrogen and oxygen atoms in total. The minimum Gasteiger partial charge on any atom is -0.336 e. The van der Waals surface area contributed by atoms with E-state index >= 15 is 0 Å². The van der Waals surface area contributed by atoms with Gasteiger partial charge in [-0.1, -0.05) is 18.2 Å². The molecule has 1 fully saturated rings. The summed E-state index contributed by atoms with van der Waals surface area (Å²) in [6.07, 6.45) is 1.57. The Balaban J connectivity index is 1.62. The molecule has 29 heavy (non-hydrogen) atoms. The van der Waals surface area contributed by atoms with Gasteiger partial charge in [0.05, 0.1) is 12.2 Å². The lowest BCUT2D eigenvalue weighted by molar-refractivity contribution is -0.121. The maximum atomic E-state index is 12.6. The molecular weight excluding hydrogens is 372 g/mol. The molecule has 2 heterocycles. The van der Waals surface area contributed by atoms with Crippen LogP contribution in [0.3, 0.4) is 0 Å². The standard InChI is InChI=1S/C20H28N6O3/c1-14(2)21-19(28)22-17(27)13-25-11-9-15(10-12-25)18-23-24(3)20(29)26(18)16-7-5-4-6-8-16/h4-8,14-15H,9-13H2,1-3H3,(H2,21,22,27,28). The Hall–Kier alpha value is -2.94. The summed E-state index contributed by atoms with van der Waals surface area (Å²) in [5, 5.41) is 9.47. The summed E-state index contributed by atoms with van der Waals surface area (Å²) in [7, 11) is 1.66. The third-order valence-electron chi connectivity index (χ3n) is 4.96. The van der Waals surface area contributed by atoms with Crippen molar-refractivity contribution < 1.29 is 9.59 Å². The molecule has 1 aliphatic rings. The number of piperidine rings is 1. The Morgan fingerprint density at radius 1 is 1.17 bits per heavy atom. The van der Waals surface area contributed by atoms with Crippen LogP contribution in [0, 0.1) is 0 Å². The van der Waals surface area contributed by atoms with Gasteiger partial charge in [-0.3, -0.25) is 15.0 Å². The first-order valence-corrected chi connectivity index (χ1v) is 9.89. The molecule has 0 atom stereocenters. The number of carbonyl (C=O) groups is 2. The number of likely N-dealkylation sites (tertiary alicyclic amines) is 1. The second-order valence-electron chi connectivity index (χ2n) is 7.66. The van der Waals surface area contributed by atoms with Gasteiger partial charge in [-0.15, -0.1) is 0 Å². The number of aryl methyl sites for hydroxylation is 1. The Labute approximate surface area is 169 Å². The first kappa shape index (κ1) is 20.8. The average molecular weight is 400 g/mol. The summed E-state index contributed by atoms with van der Waals surface area (Å²) in [6.45, 7) is 5.24. The number of nitrogens with one attached hydrogen (secondary N) is 2. The van der Waals surface area contributed by atoms with Gasteiger partial charge in [0.15, 0.2) is 0 Å². The molecule has 2 aromatic rings. The van der Waals surface area contributed by atoms with Crippen molar-refractivity contribution in [2.24, 2.45) is 7.05 Å². The van der Waals surface area contributed by atoms with E-state index in [9.17, 15) is 14.4 Å². The zero-order valence-electron chi connectivity index (χ0n) is 17.1. The number of hydrogen-bond acceptors (Lipinski definition) is 5. The summed E-state index contributed by atoms with van der Waals surface area (Å²) in [5.41, 5.74) is 0.641. The molecule has 3 rings (SSSR count). The Bertz CT molecular complexity index is 910. The number of hydrogen-bond donors (Lipinski definition) is 2. The number of benzene rings is 1. The van der Waals surface area contributed by atoms with Gasteiger partial charge in [-0.05, 0) is 51.9 Å². The second-order valence-corrected chi connectivity index (χ2v) is 7.66. The highest BCUT2D eigenvalue weighted by Gasteiger charge is 2.27. The van der Waals surface area contributed by atoms with E-state index in [2.05, 4.69) is 15.7 Å². The molecule has 0 radical (unpaired) electrons. The minimum absolute atomic E-state index is 0.0286. The van der Waals surface area contributed by atoms with Crippen molar-refractivity contribution in [3.05, 3.63) is 46.6 Å². The summed E-state index contributed by atoms with van der Waals surface area (Å²) < 4.78 is 3.04. The Morgan fingerprint density at radius 3 is 2.45 bits per heavy atom. The predicted octanol–water partition coefficient (Wildman–Crippen LogP) is 0.985.